The first-order valence-electron chi connectivity index (χ1n) is 34.2. The molecule has 0 aromatic rings. The zero-order valence-electron chi connectivity index (χ0n) is 51.1. The van der Waals surface area contributed by atoms with Crippen LogP contribution in [-0.2, 0) is 28.6 Å². The van der Waals surface area contributed by atoms with Gasteiger partial charge in [-0.3, -0.25) is 14.4 Å². The van der Waals surface area contributed by atoms with E-state index in [4.69, 9.17) is 14.2 Å². The van der Waals surface area contributed by atoms with Crippen molar-refractivity contribution in [3.05, 3.63) is 12.2 Å². The summed E-state index contributed by atoms with van der Waals surface area (Å²) in [7, 11) is 0. The Morgan fingerprint density at radius 1 is 0.253 bits per heavy atom. The zero-order valence-corrected chi connectivity index (χ0v) is 51.1. The van der Waals surface area contributed by atoms with Crippen molar-refractivity contribution in [2.75, 3.05) is 13.2 Å². The second-order valence-corrected chi connectivity index (χ2v) is 23.5. The number of unbranched alkanes of at least 4 members (excludes halogenated alkanes) is 51. The molecule has 0 fully saturated rings. The Balaban J connectivity index is 3.86. The number of hydrogen-bond donors (Lipinski definition) is 0. The second-order valence-electron chi connectivity index (χ2n) is 23.5. The molecule has 0 N–H and O–H groups in total. The molecule has 0 aromatic heterocycles. The Kier molecular flexibility index (Phi) is 63.1. The van der Waals surface area contributed by atoms with Crippen molar-refractivity contribution < 1.29 is 28.6 Å². The largest absolute Gasteiger partial charge is 0.462 e. The predicted molar refractivity (Wildman–Crippen MR) is 326 cm³/mol. The molecule has 0 saturated heterocycles. The maximum atomic E-state index is 12.8. The topological polar surface area (TPSA) is 78.9 Å². The molecular formula is C69H132O6. The Morgan fingerprint density at radius 2 is 0.440 bits per heavy atom. The molecule has 444 valence electrons. The van der Waals surface area contributed by atoms with Crippen molar-refractivity contribution in [2.45, 2.75) is 399 Å². The molecule has 0 amide bonds. The average Bonchev–Trinajstić information content (AvgIpc) is 3.41. The molecule has 0 saturated carbocycles. The Bertz CT molecular complexity index is 1170. The minimum Gasteiger partial charge on any atom is -0.462 e. The summed E-state index contributed by atoms with van der Waals surface area (Å²) < 4.78 is 16.8. The van der Waals surface area contributed by atoms with E-state index in [2.05, 4.69) is 32.9 Å². The van der Waals surface area contributed by atoms with Gasteiger partial charge in [-0.15, -0.1) is 0 Å². The third-order valence-corrected chi connectivity index (χ3v) is 15.8. The molecule has 0 aromatic carbocycles. The molecule has 75 heavy (non-hydrogen) atoms. The maximum Gasteiger partial charge on any atom is 0.306 e. The summed E-state index contributed by atoms with van der Waals surface area (Å²) in [5, 5.41) is 0. The third kappa shape index (κ3) is 62.9. The van der Waals surface area contributed by atoms with Crippen molar-refractivity contribution in [1.82, 2.24) is 0 Å². The van der Waals surface area contributed by atoms with Gasteiger partial charge >= 0.3 is 17.9 Å². The number of hydrogen-bond acceptors (Lipinski definition) is 6. The van der Waals surface area contributed by atoms with Crippen molar-refractivity contribution in [3.8, 4) is 0 Å². The summed E-state index contributed by atoms with van der Waals surface area (Å²) in [5.74, 6) is -0.857. The Labute approximate surface area is 469 Å². The zero-order chi connectivity index (χ0) is 54.3. The minimum absolute atomic E-state index is 0.0660. The lowest BCUT2D eigenvalue weighted by Gasteiger charge is -2.18. The van der Waals surface area contributed by atoms with Gasteiger partial charge in [-0.05, 0) is 44.9 Å². The number of ether oxygens (including phenoxy) is 3. The van der Waals surface area contributed by atoms with Crippen molar-refractivity contribution in [1.29, 1.82) is 0 Å². The number of esters is 3. The quantitative estimate of drug-likeness (QED) is 0.0261. The smallest absolute Gasteiger partial charge is 0.306 e. The van der Waals surface area contributed by atoms with E-state index in [1.807, 2.05) is 0 Å². The van der Waals surface area contributed by atoms with Gasteiger partial charge in [0, 0.05) is 19.3 Å². The molecular weight excluding hydrogens is 925 g/mol. The van der Waals surface area contributed by atoms with Crippen molar-refractivity contribution in [3.63, 3.8) is 0 Å². The molecule has 0 rings (SSSR count). The van der Waals surface area contributed by atoms with Gasteiger partial charge in [-0.2, -0.15) is 0 Å². The van der Waals surface area contributed by atoms with E-state index >= 15 is 0 Å². The standard InChI is InChI=1S/C69H132O6/c1-4-7-10-13-15-17-19-21-23-25-27-28-29-30-31-32-33-34-35-36-37-38-39-40-42-43-45-47-49-51-53-56-59-62-68(71)74-65-66(64-73-67(70)61-58-55-12-9-6-3)75-69(72)63-60-57-54-52-50-48-46-44-41-26-24-22-20-18-16-14-11-8-5-2/h22,24,66H,4-21,23,25-65H2,1-3H3/b24-22-. The highest BCUT2D eigenvalue weighted by atomic mass is 16.6. The first-order valence-corrected chi connectivity index (χ1v) is 34.2. The van der Waals surface area contributed by atoms with Crippen LogP contribution in [0.5, 0.6) is 0 Å². The van der Waals surface area contributed by atoms with Gasteiger partial charge in [0.1, 0.15) is 13.2 Å². The lowest BCUT2D eigenvalue weighted by atomic mass is 10.0. The summed E-state index contributed by atoms with van der Waals surface area (Å²) in [6.45, 7) is 6.62. The predicted octanol–water partition coefficient (Wildman–Crippen LogP) is 23.2. The third-order valence-electron chi connectivity index (χ3n) is 15.8. The highest BCUT2D eigenvalue weighted by Gasteiger charge is 2.19. The molecule has 0 aliphatic carbocycles. The summed E-state index contributed by atoms with van der Waals surface area (Å²) in [6, 6.07) is 0. The summed E-state index contributed by atoms with van der Waals surface area (Å²) >= 11 is 0. The molecule has 1 unspecified atom stereocenters. The van der Waals surface area contributed by atoms with Crippen LogP contribution < -0.4 is 0 Å². The Hall–Kier alpha value is -1.85. The summed E-state index contributed by atoms with van der Waals surface area (Å²) in [6.07, 6.45) is 77.4. The number of allylic oxidation sites excluding steroid dienone is 2. The van der Waals surface area contributed by atoms with E-state index in [0.29, 0.717) is 19.3 Å². The number of rotatable bonds is 64. The van der Waals surface area contributed by atoms with Crippen LogP contribution in [0.2, 0.25) is 0 Å². The van der Waals surface area contributed by atoms with Crippen molar-refractivity contribution >= 4 is 17.9 Å². The van der Waals surface area contributed by atoms with Crippen LogP contribution >= 0.6 is 0 Å². The lowest BCUT2D eigenvalue weighted by molar-refractivity contribution is -0.167. The van der Waals surface area contributed by atoms with Crippen LogP contribution in [0.15, 0.2) is 12.2 Å². The fourth-order valence-electron chi connectivity index (χ4n) is 10.6. The van der Waals surface area contributed by atoms with Crippen LogP contribution in [0.1, 0.15) is 393 Å². The van der Waals surface area contributed by atoms with E-state index in [1.165, 1.54) is 289 Å². The molecule has 0 heterocycles. The molecule has 0 aliphatic heterocycles. The number of carbonyl (C=O) groups is 3. The highest BCUT2D eigenvalue weighted by Crippen LogP contribution is 2.19. The lowest BCUT2D eigenvalue weighted by Crippen LogP contribution is -2.30. The normalized spacial score (nSPS) is 12.0. The first-order chi connectivity index (χ1) is 37.0. The van der Waals surface area contributed by atoms with Crippen molar-refractivity contribution in [2.24, 2.45) is 0 Å². The van der Waals surface area contributed by atoms with E-state index in [0.717, 1.165) is 64.2 Å². The van der Waals surface area contributed by atoms with E-state index in [-0.39, 0.29) is 31.1 Å². The average molecular weight is 1060 g/mol. The van der Waals surface area contributed by atoms with E-state index in [9.17, 15) is 14.4 Å². The SMILES string of the molecule is CCCCCCCC/C=C\CCCCCCCCCCCC(=O)OC(COC(=O)CCCCCCC)COC(=O)CCCCCCCCCCCCCCCCCCCCCCCCCCCCCCCCCCC. The van der Waals surface area contributed by atoms with Gasteiger partial charge in [-0.25, -0.2) is 0 Å². The monoisotopic (exact) mass is 1060 g/mol. The molecule has 0 spiro atoms. The van der Waals surface area contributed by atoms with Crippen LogP contribution in [0.3, 0.4) is 0 Å². The van der Waals surface area contributed by atoms with Crippen LogP contribution in [0.25, 0.3) is 0 Å². The van der Waals surface area contributed by atoms with Gasteiger partial charge in [0.2, 0.25) is 0 Å². The molecule has 6 heteroatoms. The van der Waals surface area contributed by atoms with Gasteiger partial charge in [-0.1, -0.05) is 341 Å². The first kappa shape index (κ1) is 73.2. The van der Waals surface area contributed by atoms with Crippen LogP contribution in [-0.4, -0.2) is 37.2 Å². The fraction of sp³-hybridized carbons (Fsp3) is 0.928. The summed E-state index contributed by atoms with van der Waals surface area (Å²) in [4.78, 5) is 37.9. The fourth-order valence-corrected chi connectivity index (χ4v) is 10.6. The molecule has 0 radical (unpaired) electrons. The van der Waals surface area contributed by atoms with Gasteiger partial charge < -0.3 is 14.2 Å². The van der Waals surface area contributed by atoms with Crippen LogP contribution in [0.4, 0.5) is 0 Å². The Morgan fingerprint density at radius 3 is 0.667 bits per heavy atom. The van der Waals surface area contributed by atoms with E-state index < -0.39 is 6.10 Å². The second kappa shape index (κ2) is 64.7. The van der Waals surface area contributed by atoms with E-state index in [1.54, 1.807) is 0 Å². The maximum absolute atomic E-state index is 12.8. The number of carbonyl (C=O) groups excluding carboxylic acids is 3. The molecule has 6 nitrogen and oxygen atoms in total. The van der Waals surface area contributed by atoms with Gasteiger partial charge in [0.15, 0.2) is 6.10 Å². The van der Waals surface area contributed by atoms with Gasteiger partial charge in [0.05, 0.1) is 0 Å². The van der Waals surface area contributed by atoms with Crippen LogP contribution in [0, 0.1) is 0 Å². The highest BCUT2D eigenvalue weighted by molar-refractivity contribution is 5.71. The molecule has 1 atom stereocenters. The van der Waals surface area contributed by atoms with Gasteiger partial charge in [0.25, 0.3) is 0 Å². The molecule has 0 aliphatic rings. The minimum atomic E-state index is -0.764. The summed E-state index contributed by atoms with van der Waals surface area (Å²) in [5.41, 5.74) is 0. The molecule has 0 bridgehead atoms.